The molecule has 1 rings (SSSR count). The SMILES string of the molecule is CC(CN(C)Cc1ccc(O)cc1)C(=N)N. The predicted molar refractivity (Wildman–Crippen MR) is 65.5 cm³/mol. The minimum atomic E-state index is 0.0714. The number of nitrogens with zero attached hydrogens (tertiary/aromatic N) is 1. The van der Waals surface area contributed by atoms with Gasteiger partial charge in [-0.3, -0.25) is 5.41 Å². The summed E-state index contributed by atoms with van der Waals surface area (Å²) in [6, 6.07) is 7.14. The average molecular weight is 221 g/mol. The molecule has 1 aromatic rings. The van der Waals surface area contributed by atoms with Gasteiger partial charge in [0.05, 0.1) is 5.84 Å². The summed E-state index contributed by atoms with van der Waals surface area (Å²) >= 11 is 0. The number of aromatic hydroxyl groups is 1. The van der Waals surface area contributed by atoms with Gasteiger partial charge in [0, 0.05) is 19.0 Å². The van der Waals surface area contributed by atoms with Crippen LogP contribution >= 0.6 is 0 Å². The minimum absolute atomic E-state index is 0.0714. The molecule has 0 saturated carbocycles. The molecular weight excluding hydrogens is 202 g/mol. The zero-order valence-corrected chi connectivity index (χ0v) is 9.77. The van der Waals surface area contributed by atoms with Gasteiger partial charge in [-0.2, -0.15) is 0 Å². The maximum atomic E-state index is 9.15. The highest BCUT2D eigenvalue weighted by molar-refractivity contribution is 5.79. The van der Waals surface area contributed by atoms with E-state index in [2.05, 4.69) is 4.90 Å². The van der Waals surface area contributed by atoms with Gasteiger partial charge in [0.1, 0.15) is 5.75 Å². The molecule has 1 unspecified atom stereocenters. The smallest absolute Gasteiger partial charge is 0.115 e. The van der Waals surface area contributed by atoms with Crippen LogP contribution in [0.3, 0.4) is 0 Å². The normalized spacial score (nSPS) is 12.7. The first-order chi connectivity index (χ1) is 7.49. The fourth-order valence-corrected chi connectivity index (χ4v) is 1.54. The van der Waals surface area contributed by atoms with E-state index in [-0.39, 0.29) is 17.5 Å². The zero-order valence-electron chi connectivity index (χ0n) is 9.77. The van der Waals surface area contributed by atoms with E-state index in [4.69, 9.17) is 16.2 Å². The zero-order chi connectivity index (χ0) is 12.1. The fraction of sp³-hybridized carbons (Fsp3) is 0.417. The Morgan fingerprint density at radius 2 is 2.00 bits per heavy atom. The molecule has 4 heteroatoms. The second-order valence-corrected chi connectivity index (χ2v) is 4.22. The van der Waals surface area contributed by atoms with Crippen LogP contribution in [0.5, 0.6) is 5.75 Å². The lowest BCUT2D eigenvalue weighted by Gasteiger charge is -2.20. The van der Waals surface area contributed by atoms with Crippen molar-refractivity contribution in [3.05, 3.63) is 29.8 Å². The van der Waals surface area contributed by atoms with E-state index < -0.39 is 0 Å². The van der Waals surface area contributed by atoms with E-state index in [0.717, 1.165) is 18.7 Å². The summed E-state index contributed by atoms with van der Waals surface area (Å²) in [5, 5.41) is 16.5. The molecular formula is C12H19N3O. The third-order valence-corrected chi connectivity index (χ3v) is 2.51. The van der Waals surface area contributed by atoms with Gasteiger partial charge in [-0.25, -0.2) is 0 Å². The highest BCUT2D eigenvalue weighted by atomic mass is 16.3. The number of hydrogen-bond donors (Lipinski definition) is 3. The number of phenols is 1. The second-order valence-electron chi connectivity index (χ2n) is 4.22. The van der Waals surface area contributed by atoms with Crippen LogP contribution in [0.1, 0.15) is 12.5 Å². The summed E-state index contributed by atoms with van der Waals surface area (Å²) in [7, 11) is 1.99. The van der Waals surface area contributed by atoms with Gasteiger partial charge in [-0.15, -0.1) is 0 Å². The molecule has 1 aromatic carbocycles. The minimum Gasteiger partial charge on any atom is -0.508 e. The van der Waals surface area contributed by atoms with Crippen molar-refractivity contribution in [2.45, 2.75) is 13.5 Å². The molecule has 16 heavy (non-hydrogen) atoms. The molecule has 0 radical (unpaired) electrons. The van der Waals surface area contributed by atoms with Crippen molar-refractivity contribution in [1.82, 2.24) is 4.90 Å². The van der Waals surface area contributed by atoms with E-state index in [1.807, 2.05) is 26.1 Å². The number of nitrogens with one attached hydrogen (secondary N) is 1. The molecule has 0 saturated heterocycles. The van der Waals surface area contributed by atoms with Crippen molar-refractivity contribution < 1.29 is 5.11 Å². The molecule has 0 aliphatic carbocycles. The summed E-state index contributed by atoms with van der Waals surface area (Å²) in [5.41, 5.74) is 6.56. The molecule has 0 aliphatic rings. The Hall–Kier alpha value is -1.55. The highest BCUT2D eigenvalue weighted by Gasteiger charge is 2.09. The van der Waals surface area contributed by atoms with Gasteiger partial charge in [0.2, 0.25) is 0 Å². The van der Waals surface area contributed by atoms with Gasteiger partial charge >= 0.3 is 0 Å². The van der Waals surface area contributed by atoms with Gasteiger partial charge < -0.3 is 15.7 Å². The van der Waals surface area contributed by atoms with Crippen LogP contribution in [-0.4, -0.2) is 29.4 Å². The van der Waals surface area contributed by atoms with E-state index >= 15 is 0 Å². The third-order valence-electron chi connectivity index (χ3n) is 2.51. The lowest BCUT2D eigenvalue weighted by Crippen LogP contribution is -2.31. The molecule has 0 bridgehead atoms. The molecule has 88 valence electrons. The molecule has 0 amide bonds. The molecule has 0 aliphatic heterocycles. The maximum absolute atomic E-state index is 9.15. The second kappa shape index (κ2) is 5.51. The van der Waals surface area contributed by atoms with Crippen molar-refractivity contribution >= 4 is 5.84 Å². The third kappa shape index (κ3) is 3.90. The van der Waals surface area contributed by atoms with E-state index in [1.54, 1.807) is 12.1 Å². The van der Waals surface area contributed by atoms with Crippen LogP contribution in [0, 0.1) is 11.3 Å². The number of benzene rings is 1. The summed E-state index contributed by atoms with van der Waals surface area (Å²) < 4.78 is 0. The average Bonchev–Trinajstić information content (AvgIpc) is 2.21. The summed E-state index contributed by atoms with van der Waals surface area (Å²) in [6.07, 6.45) is 0. The predicted octanol–water partition coefficient (Wildman–Crippen LogP) is 1.40. The first kappa shape index (κ1) is 12.5. The highest BCUT2D eigenvalue weighted by Crippen LogP contribution is 2.11. The summed E-state index contributed by atoms with van der Waals surface area (Å²) in [6.45, 7) is 3.49. The first-order valence-corrected chi connectivity index (χ1v) is 5.29. The van der Waals surface area contributed by atoms with E-state index in [9.17, 15) is 0 Å². The van der Waals surface area contributed by atoms with Crippen molar-refractivity contribution in [2.24, 2.45) is 11.7 Å². The lowest BCUT2D eigenvalue weighted by molar-refractivity contribution is 0.306. The van der Waals surface area contributed by atoms with Gasteiger partial charge in [0.15, 0.2) is 0 Å². The van der Waals surface area contributed by atoms with Crippen LogP contribution in [0.15, 0.2) is 24.3 Å². The molecule has 4 nitrogen and oxygen atoms in total. The fourth-order valence-electron chi connectivity index (χ4n) is 1.54. The largest absolute Gasteiger partial charge is 0.508 e. The first-order valence-electron chi connectivity index (χ1n) is 5.29. The Morgan fingerprint density at radius 3 is 2.50 bits per heavy atom. The van der Waals surface area contributed by atoms with E-state index in [0.29, 0.717) is 0 Å². The van der Waals surface area contributed by atoms with Crippen LogP contribution in [0.2, 0.25) is 0 Å². The van der Waals surface area contributed by atoms with Crippen LogP contribution in [0.25, 0.3) is 0 Å². The van der Waals surface area contributed by atoms with Crippen molar-refractivity contribution in [3.63, 3.8) is 0 Å². The Kier molecular flexibility index (Phi) is 4.31. The Balaban J connectivity index is 2.48. The number of amidine groups is 1. The Morgan fingerprint density at radius 1 is 1.44 bits per heavy atom. The molecule has 1 atom stereocenters. The van der Waals surface area contributed by atoms with Gasteiger partial charge in [-0.05, 0) is 24.7 Å². The molecule has 0 heterocycles. The molecule has 0 aromatic heterocycles. The summed E-state index contributed by atoms with van der Waals surface area (Å²) in [5.74, 6) is 0.572. The van der Waals surface area contributed by atoms with Gasteiger partial charge in [0.25, 0.3) is 0 Å². The molecule has 0 fully saturated rings. The number of nitrogens with two attached hydrogens (primary N) is 1. The van der Waals surface area contributed by atoms with Crippen LogP contribution in [-0.2, 0) is 6.54 Å². The Labute approximate surface area is 96.2 Å². The maximum Gasteiger partial charge on any atom is 0.115 e. The van der Waals surface area contributed by atoms with Crippen molar-refractivity contribution in [2.75, 3.05) is 13.6 Å². The standard InChI is InChI=1S/C12H19N3O/c1-9(12(13)14)7-15(2)8-10-3-5-11(16)6-4-10/h3-6,9,16H,7-8H2,1-2H3,(H3,13,14). The summed E-state index contributed by atoms with van der Waals surface area (Å²) in [4.78, 5) is 2.11. The quantitative estimate of drug-likeness (QED) is 0.519. The van der Waals surface area contributed by atoms with Gasteiger partial charge in [-0.1, -0.05) is 19.1 Å². The number of phenolic OH excluding ortho intramolecular Hbond substituents is 1. The Bertz CT molecular complexity index is 348. The molecule has 4 N–H and O–H groups in total. The topological polar surface area (TPSA) is 73.3 Å². The van der Waals surface area contributed by atoms with Crippen LogP contribution < -0.4 is 5.73 Å². The lowest BCUT2D eigenvalue weighted by atomic mass is 10.1. The number of hydrogen-bond acceptors (Lipinski definition) is 3. The molecule has 0 spiro atoms. The number of rotatable bonds is 5. The monoisotopic (exact) mass is 221 g/mol. The van der Waals surface area contributed by atoms with Crippen molar-refractivity contribution in [3.8, 4) is 5.75 Å². The van der Waals surface area contributed by atoms with Crippen molar-refractivity contribution in [1.29, 1.82) is 5.41 Å². The van der Waals surface area contributed by atoms with Crippen LogP contribution in [0.4, 0.5) is 0 Å². The van der Waals surface area contributed by atoms with E-state index in [1.165, 1.54) is 0 Å².